The second-order valence-corrected chi connectivity index (χ2v) is 4.28. The fraction of sp³-hybridized carbons (Fsp3) is 0.429. The van der Waals surface area contributed by atoms with Crippen LogP contribution in [0.4, 0.5) is 0 Å². The highest BCUT2D eigenvalue weighted by Gasteiger charge is 2.13. The van der Waals surface area contributed by atoms with E-state index in [2.05, 4.69) is 0 Å². The summed E-state index contributed by atoms with van der Waals surface area (Å²) in [4.78, 5) is 21.1. The van der Waals surface area contributed by atoms with Crippen molar-refractivity contribution in [1.29, 1.82) is 0 Å². The Labute approximate surface area is 111 Å². The summed E-state index contributed by atoms with van der Waals surface area (Å²) in [6.45, 7) is 0.366. The van der Waals surface area contributed by atoms with Crippen LogP contribution in [0, 0.1) is 0 Å². The number of carboxylic acid groups (broad SMARTS) is 2. The number of carboxylic acids is 2. The molecule has 0 bridgehead atoms. The highest BCUT2D eigenvalue weighted by Crippen LogP contribution is 2.13. The van der Waals surface area contributed by atoms with E-state index in [1.54, 1.807) is 0 Å². The average molecular weight is 266 g/mol. The fourth-order valence-electron chi connectivity index (χ4n) is 1.67. The molecule has 0 spiro atoms. The molecule has 0 saturated heterocycles. The molecule has 19 heavy (non-hydrogen) atoms. The van der Waals surface area contributed by atoms with Crippen LogP contribution in [-0.2, 0) is 20.9 Å². The second-order valence-electron chi connectivity index (χ2n) is 4.28. The van der Waals surface area contributed by atoms with Gasteiger partial charge in [-0.25, -0.2) is 0 Å². The molecule has 104 valence electrons. The minimum Gasteiger partial charge on any atom is -0.481 e. The fourth-order valence-corrected chi connectivity index (χ4v) is 1.67. The third-order valence-corrected chi connectivity index (χ3v) is 2.69. The first kappa shape index (κ1) is 15.2. The summed E-state index contributed by atoms with van der Waals surface area (Å²) in [5.74, 6) is -1.80. The van der Waals surface area contributed by atoms with Gasteiger partial charge < -0.3 is 14.9 Å². The molecule has 0 saturated carbocycles. The molecule has 0 aromatic heterocycles. The van der Waals surface area contributed by atoms with Crippen molar-refractivity contribution in [1.82, 2.24) is 0 Å². The van der Waals surface area contributed by atoms with Gasteiger partial charge in [0, 0.05) is 12.8 Å². The van der Waals surface area contributed by atoms with Crippen LogP contribution in [0.3, 0.4) is 0 Å². The Morgan fingerprint density at radius 2 is 1.53 bits per heavy atom. The maximum Gasteiger partial charge on any atom is 0.303 e. The Morgan fingerprint density at radius 1 is 1.00 bits per heavy atom. The monoisotopic (exact) mass is 266 g/mol. The molecule has 1 rings (SSSR count). The van der Waals surface area contributed by atoms with Gasteiger partial charge in [-0.15, -0.1) is 0 Å². The number of ether oxygens (including phenoxy) is 1. The molecule has 0 fully saturated rings. The highest BCUT2D eigenvalue weighted by molar-refractivity contribution is 5.67. The standard InChI is InChI=1S/C14H18O5/c15-13(16)8-6-12(7-9-14(17)18)19-10-11-4-2-1-3-5-11/h1-5,12H,6-10H2,(H,15,16)(H,17,18). The van der Waals surface area contributed by atoms with Gasteiger partial charge in [0.25, 0.3) is 0 Å². The number of hydrogen-bond acceptors (Lipinski definition) is 3. The molecule has 0 atom stereocenters. The van der Waals surface area contributed by atoms with Gasteiger partial charge >= 0.3 is 11.9 Å². The molecular weight excluding hydrogens is 248 g/mol. The number of hydrogen-bond donors (Lipinski definition) is 2. The second kappa shape index (κ2) is 8.26. The van der Waals surface area contributed by atoms with Crippen LogP contribution < -0.4 is 0 Å². The van der Waals surface area contributed by atoms with Gasteiger partial charge in [0.2, 0.25) is 0 Å². The third-order valence-electron chi connectivity index (χ3n) is 2.69. The molecule has 0 amide bonds. The van der Waals surface area contributed by atoms with E-state index in [9.17, 15) is 9.59 Å². The first-order chi connectivity index (χ1) is 9.08. The van der Waals surface area contributed by atoms with E-state index in [1.165, 1.54) is 0 Å². The van der Waals surface area contributed by atoms with Crippen molar-refractivity contribution in [2.24, 2.45) is 0 Å². The van der Waals surface area contributed by atoms with Crippen molar-refractivity contribution >= 4 is 11.9 Å². The summed E-state index contributed by atoms with van der Waals surface area (Å²) in [7, 11) is 0. The number of rotatable bonds is 9. The topological polar surface area (TPSA) is 83.8 Å². The zero-order valence-electron chi connectivity index (χ0n) is 10.6. The van der Waals surface area contributed by atoms with Crippen LogP contribution >= 0.6 is 0 Å². The summed E-state index contributed by atoms with van der Waals surface area (Å²) in [5, 5.41) is 17.3. The van der Waals surface area contributed by atoms with E-state index >= 15 is 0 Å². The van der Waals surface area contributed by atoms with E-state index in [0.717, 1.165) is 5.56 Å². The van der Waals surface area contributed by atoms with Crippen molar-refractivity contribution in [3.05, 3.63) is 35.9 Å². The molecule has 5 nitrogen and oxygen atoms in total. The van der Waals surface area contributed by atoms with Crippen molar-refractivity contribution in [3.8, 4) is 0 Å². The van der Waals surface area contributed by atoms with Gasteiger partial charge in [-0.3, -0.25) is 9.59 Å². The maximum absolute atomic E-state index is 10.5. The van der Waals surface area contributed by atoms with Gasteiger partial charge in [-0.1, -0.05) is 30.3 Å². The van der Waals surface area contributed by atoms with Crippen LogP contribution in [0.2, 0.25) is 0 Å². The molecule has 0 heterocycles. The molecule has 0 radical (unpaired) electrons. The largest absolute Gasteiger partial charge is 0.481 e. The normalized spacial score (nSPS) is 10.6. The lowest BCUT2D eigenvalue weighted by Gasteiger charge is -2.16. The lowest BCUT2D eigenvalue weighted by Crippen LogP contribution is -2.16. The molecule has 0 aliphatic rings. The molecule has 0 aliphatic carbocycles. The summed E-state index contributed by atoms with van der Waals surface area (Å²) in [6.07, 6.45) is 0.288. The Morgan fingerprint density at radius 3 is 2.00 bits per heavy atom. The van der Waals surface area contributed by atoms with Crippen LogP contribution in [-0.4, -0.2) is 28.3 Å². The van der Waals surface area contributed by atoms with Crippen LogP contribution in [0.5, 0.6) is 0 Å². The zero-order chi connectivity index (χ0) is 14.1. The van der Waals surface area contributed by atoms with Crippen LogP contribution in [0.15, 0.2) is 30.3 Å². The summed E-state index contributed by atoms with van der Waals surface area (Å²) >= 11 is 0. The van der Waals surface area contributed by atoms with Crippen molar-refractivity contribution < 1.29 is 24.5 Å². The Kier molecular flexibility index (Phi) is 6.60. The molecule has 0 unspecified atom stereocenters. The molecule has 2 N–H and O–H groups in total. The van der Waals surface area contributed by atoms with Crippen LogP contribution in [0.25, 0.3) is 0 Å². The minimum absolute atomic E-state index is 0.0148. The SMILES string of the molecule is O=C(O)CCC(CCC(=O)O)OCc1ccccc1. The summed E-state index contributed by atoms with van der Waals surface area (Å²) in [6, 6.07) is 9.50. The van der Waals surface area contributed by atoms with E-state index in [-0.39, 0.29) is 18.9 Å². The Balaban J connectivity index is 2.43. The van der Waals surface area contributed by atoms with Gasteiger partial charge in [0.15, 0.2) is 0 Å². The highest BCUT2D eigenvalue weighted by atomic mass is 16.5. The van der Waals surface area contributed by atoms with E-state index in [1.807, 2.05) is 30.3 Å². The Bertz CT molecular complexity index is 384. The van der Waals surface area contributed by atoms with E-state index in [0.29, 0.717) is 19.4 Å². The molecule has 1 aromatic carbocycles. The molecule has 0 aliphatic heterocycles. The quantitative estimate of drug-likeness (QED) is 0.716. The maximum atomic E-state index is 10.5. The lowest BCUT2D eigenvalue weighted by atomic mass is 10.1. The van der Waals surface area contributed by atoms with E-state index in [4.69, 9.17) is 14.9 Å². The van der Waals surface area contributed by atoms with Gasteiger partial charge in [0.05, 0.1) is 12.7 Å². The number of benzene rings is 1. The van der Waals surface area contributed by atoms with Crippen molar-refractivity contribution in [2.45, 2.75) is 38.4 Å². The van der Waals surface area contributed by atoms with Crippen molar-refractivity contribution in [2.75, 3.05) is 0 Å². The number of carbonyl (C=O) groups is 2. The third kappa shape index (κ3) is 7.21. The Hall–Kier alpha value is -1.88. The summed E-state index contributed by atoms with van der Waals surface area (Å²) < 4.78 is 5.60. The predicted octanol–water partition coefficient (Wildman–Crippen LogP) is 2.30. The smallest absolute Gasteiger partial charge is 0.303 e. The van der Waals surface area contributed by atoms with Gasteiger partial charge in [-0.2, -0.15) is 0 Å². The first-order valence-electron chi connectivity index (χ1n) is 6.17. The van der Waals surface area contributed by atoms with Gasteiger partial charge in [0.1, 0.15) is 0 Å². The van der Waals surface area contributed by atoms with Crippen LogP contribution in [0.1, 0.15) is 31.2 Å². The summed E-state index contributed by atoms with van der Waals surface area (Å²) in [5.41, 5.74) is 0.984. The molecule has 5 heteroatoms. The van der Waals surface area contributed by atoms with Gasteiger partial charge in [-0.05, 0) is 18.4 Å². The average Bonchev–Trinajstić information content (AvgIpc) is 2.38. The number of aliphatic carboxylic acids is 2. The first-order valence-corrected chi connectivity index (χ1v) is 6.17. The van der Waals surface area contributed by atoms with Crippen molar-refractivity contribution in [3.63, 3.8) is 0 Å². The minimum atomic E-state index is -0.899. The zero-order valence-corrected chi connectivity index (χ0v) is 10.6. The predicted molar refractivity (Wildman–Crippen MR) is 68.8 cm³/mol. The molecular formula is C14H18O5. The molecule has 1 aromatic rings. The lowest BCUT2D eigenvalue weighted by molar-refractivity contribution is -0.138. The van der Waals surface area contributed by atoms with E-state index < -0.39 is 11.9 Å².